The highest BCUT2D eigenvalue weighted by Gasteiger charge is 2.22. The molecule has 3 rings (SSSR count). The zero-order valence-electron chi connectivity index (χ0n) is 16.4. The summed E-state index contributed by atoms with van der Waals surface area (Å²) >= 11 is 1.60. The van der Waals surface area contributed by atoms with E-state index in [0.717, 1.165) is 4.88 Å². The Kier molecular flexibility index (Phi) is 6.83. The lowest BCUT2D eigenvalue weighted by Gasteiger charge is -2.19. The Bertz CT molecular complexity index is 976. The third-order valence-corrected chi connectivity index (χ3v) is 7.67. The van der Waals surface area contributed by atoms with Gasteiger partial charge in [0.1, 0.15) is 6.04 Å². The second-order valence-electron chi connectivity index (χ2n) is 6.34. The van der Waals surface area contributed by atoms with Crippen LogP contribution in [0.5, 0.6) is 0 Å². The number of sulfonamides is 1. The van der Waals surface area contributed by atoms with Crippen LogP contribution in [0.2, 0.25) is 0 Å². The van der Waals surface area contributed by atoms with Crippen molar-refractivity contribution in [2.45, 2.75) is 24.8 Å². The van der Waals surface area contributed by atoms with Gasteiger partial charge in [-0.05, 0) is 41.8 Å². The number of amides is 1. The lowest BCUT2D eigenvalue weighted by Crippen LogP contribution is -2.32. The van der Waals surface area contributed by atoms with Crippen molar-refractivity contribution in [1.29, 1.82) is 0 Å². The van der Waals surface area contributed by atoms with Crippen molar-refractivity contribution in [3.05, 3.63) is 70.7 Å². The summed E-state index contributed by atoms with van der Waals surface area (Å²) in [6.07, 6.45) is 3.57. The van der Waals surface area contributed by atoms with Gasteiger partial charge < -0.3 is 5.32 Å². The molecule has 1 amide bonds. The Morgan fingerprint density at radius 1 is 1.17 bits per heavy atom. The molecule has 0 bridgehead atoms. The molecule has 1 atom stereocenters. The standard InChI is InChI=1S/C20H24N4O3S2/c1-3-23(4-2)29(26,27)17-10-8-16(9-11-17)20(25)21-15-18(19-7-5-14-28-19)24-13-6-12-22-24/h5-14,18H,3-4,15H2,1-2H3,(H,21,25). The first-order valence-electron chi connectivity index (χ1n) is 9.38. The van der Waals surface area contributed by atoms with Gasteiger partial charge in [-0.25, -0.2) is 8.42 Å². The molecule has 2 heterocycles. The first-order chi connectivity index (χ1) is 14.0. The van der Waals surface area contributed by atoms with Crippen LogP contribution in [0.25, 0.3) is 0 Å². The Morgan fingerprint density at radius 2 is 1.90 bits per heavy atom. The van der Waals surface area contributed by atoms with Crippen LogP contribution in [0.3, 0.4) is 0 Å². The minimum absolute atomic E-state index is 0.101. The van der Waals surface area contributed by atoms with Crippen molar-refractivity contribution >= 4 is 27.3 Å². The summed E-state index contributed by atoms with van der Waals surface area (Å²) < 4.78 is 28.3. The van der Waals surface area contributed by atoms with Gasteiger partial charge in [-0.15, -0.1) is 11.3 Å². The van der Waals surface area contributed by atoms with Gasteiger partial charge in [-0.2, -0.15) is 9.40 Å². The quantitative estimate of drug-likeness (QED) is 0.563. The van der Waals surface area contributed by atoms with Gasteiger partial charge >= 0.3 is 0 Å². The maximum Gasteiger partial charge on any atom is 0.251 e. The number of aromatic nitrogens is 2. The highest BCUT2D eigenvalue weighted by molar-refractivity contribution is 7.89. The van der Waals surface area contributed by atoms with Crippen LogP contribution in [0.15, 0.2) is 65.1 Å². The summed E-state index contributed by atoms with van der Waals surface area (Å²) in [5, 5.41) is 9.21. The number of nitrogens with one attached hydrogen (secondary N) is 1. The number of carbonyl (C=O) groups is 1. The fraction of sp³-hybridized carbons (Fsp3) is 0.300. The van der Waals surface area contributed by atoms with Crippen LogP contribution in [-0.2, 0) is 10.0 Å². The van der Waals surface area contributed by atoms with Crippen molar-refractivity contribution in [3.8, 4) is 0 Å². The predicted molar refractivity (Wildman–Crippen MR) is 114 cm³/mol. The topological polar surface area (TPSA) is 84.3 Å². The van der Waals surface area contributed by atoms with Gasteiger partial charge in [0.25, 0.3) is 5.91 Å². The van der Waals surface area contributed by atoms with E-state index >= 15 is 0 Å². The molecular formula is C20H24N4O3S2. The highest BCUT2D eigenvalue weighted by atomic mass is 32.2. The summed E-state index contributed by atoms with van der Waals surface area (Å²) in [5.74, 6) is -0.259. The van der Waals surface area contributed by atoms with Crippen molar-refractivity contribution in [2.24, 2.45) is 0 Å². The molecule has 0 radical (unpaired) electrons. The molecule has 0 aliphatic heterocycles. The number of benzene rings is 1. The van der Waals surface area contributed by atoms with E-state index in [1.54, 1.807) is 43.5 Å². The number of thiophene rings is 1. The molecule has 29 heavy (non-hydrogen) atoms. The average Bonchev–Trinajstić information content (AvgIpc) is 3.44. The number of hydrogen-bond acceptors (Lipinski definition) is 5. The van der Waals surface area contributed by atoms with Gasteiger partial charge in [-0.1, -0.05) is 19.9 Å². The molecule has 1 unspecified atom stereocenters. The Labute approximate surface area is 175 Å². The molecule has 154 valence electrons. The van der Waals surface area contributed by atoms with Crippen LogP contribution in [0, 0.1) is 0 Å². The summed E-state index contributed by atoms with van der Waals surface area (Å²) in [5.41, 5.74) is 0.411. The predicted octanol–water partition coefficient (Wildman–Crippen LogP) is 2.99. The Morgan fingerprint density at radius 3 is 2.45 bits per heavy atom. The van der Waals surface area contributed by atoms with Crippen molar-refractivity contribution in [3.63, 3.8) is 0 Å². The normalized spacial score (nSPS) is 12.8. The summed E-state index contributed by atoms with van der Waals surface area (Å²) in [6, 6.07) is 11.8. The van der Waals surface area contributed by atoms with Crippen LogP contribution in [0.1, 0.15) is 35.1 Å². The average molecular weight is 433 g/mol. The molecule has 1 N–H and O–H groups in total. The van der Waals surface area contributed by atoms with E-state index in [2.05, 4.69) is 10.4 Å². The summed E-state index contributed by atoms with van der Waals surface area (Å²) in [4.78, 5) is 13.9. The fourth-order valence-corrected chi connectivity index (χ4v) is 5.33. The van der Waals surface area contributed by atoms with Crippen LogP contribution in [-0.4, -0.2) is 48.0 Å². The fourth-order valence-electron chi connectivity index (χ4n) is 3.05. The number of rotatable bonds is 9. The van der Waals surface area contributed by atoms with E-state index in [0.29, 0.717) is 25.2 Å². The molecule has 0 saturated carbocycles. The van der Waals surface area contributed by atoms with Crippen LogP contribution in [0.4, 0.5) is 0 Å². The molecule has 1 aromatic carbocycles. The smallest absolute Gasteiger partial charge is 0.251 e. The first kappa shape index (κ1) is 21.2. The molecular weight excluding hydrogens is 408 g/mol. The van der Waals surface area contributed by atoms with E-state index in [1.807, 2.05) is 34.5 Å². The van der Waals surface area contributed by atoms with Crippen LogP contribution < -0.4 is 5.32 Å². The maximum atomic E-state index is 12.6. The summed E-state index contributed by atoms with van der Waals surface area (Å²) in [7, 11) is -3.54. The number of hydrogen-bond donors (Lipinski definition) is 1. The molecule has 0 fully saturated rings. The lowest BCUT2D eigenvalue weighted by molar-refractivity contribution is 0.0949. The van der Waals surface area contributed by atoms with E-state index in [-0.39, 0.29) is 16.8 Å². The number of nitrogens with zero attached hydrogens (tertiary/aromatic N) is 3. The minimum Gasteiger partial charge on any atom is -0.350 e. The van der Waals surface area contributed by atoms with E-state index < -0.39 is 10.0 Å². The first-order valence-corrected chi connectivity index (χ1v) is 11.7. The molecule has 0 spiro atoms. The SMILES string of the molecule is CCN(CC)S(=O)(=O)c1ccc(C(=O)NCC(c2cccs2)n2cccn2)cc1. The van der Waals surface area contributed by atoms with Crippen molar-refractivity contribution < 1.29 is 13.2 Å². The zero-order valence-corrected chi connectivity index (χ0v) is 18.0. The number of carbonyl (C=O) groups excluding carboxylic acids is 1. The molecule has 3 aromatic rings. The maximum absolute atomic E-state index is 12.6. The molecule has 9 heteroatoms. The third-order valence-electron chi connectivity index (χ3n) is 4.63. The molecule has 0 aliphatic carbocycles. The van der Waals surface area contributed by atoms with Gasteiger partial charge in [0, 0.05) is 42.5 Å². The Hall–Kier alpha value is -2.49. The van der Waals surface area contributed by atoms with E-state index in [9.17, 15) is 13.2 Å². The molecule has 0 aliphatic rings. The van der Waals surface area contributed by atoms with Gasteiger partial charge in [0.05, 0.1) is 4.90 Å². The zero-order chi connectivity index (χ0) is 20.9. The third kappa shape index (κ3) is 4.75. The monoisotopic (exact) mass is 432 g/mol. The van der Waals surface area contributed by atoms with E-state index in [1.165, 1.54) is 16.4 Å². The Balaban J connectivity index is 1.71. The second-order valence-corrected chi connectivity index (χ2v) is 9.26. The van der Waals surface area contributed by atoms with Crippen molar-refractivity contribution in [2.75, 3.05) is 19.6 Å². The molecule has 7 nitrogen and oxygen atoms in total. The van der Waals surface area contributed by atoms with E-state index in [4.69, 9.17) is 0 Å². The van der Waals surface area contributed by atoms with Crippen LogP contribution >= 0.6 is 11.3 Å². The van der Waals surface area contributed by atoms with Gasteiger partial charge in [0.15, 0.2) is 0 Å². The minimum atomic E-state index is -3.54. The summed E-state index contributed by atoms with van der Waals surface area (Å²) in [6.45, 7) is 4.77. The van der Waals surface area contributed by atoms with Crippen molar-refractivity contribution in [1.82, 2.24) is 19.4 Å². The molecule has 0 saturated heterocycles. The molecule has 2 aromatic heterocycles. The lowest BCUT2D eigenvalue weighted by atomic mass is 10.2. The van der Waals surface area contributed by atoms with Gasteiger partial charge in [0.2, 0.25) is 10.0 Å². The largest absolute Gasteiger partial charge is 0.350 e. The highest BCUT2D eigenvalue weighted by Crippen LogP contribution is 2.22. The second kappa shape index (κ2) is 9.34. The van der Waals surface area contributed by atoms with Gasteiger partial charge in [-0.3, -0.25) is 9.48 Å².